The molecule has 0 amide bonds. The summed E-state index contributed by atoms with van der Waals surface area (Å²) in [4.78, 5) is 0. The van der Waals surface area contributed by atoms with Crippen LogP contribution in [0.4, 0.5) is 0 Å². The second kappa shape index (κ2) is 4.97. The second-order valence-corrected chi connectivity index (χ2v) is 3.84. The molecule has 0 aliphatic rings. The van der Waals surface area contributed by atoms with E-state index in [-0.39, 0.29) is 12.4 Å². The van der Waals surface area contributed by atoms with Gasteiger partial charge in [-0.1, -0.05) is 27.7 Å². The van der Waals surface area contributed by atoms with Crippen LogP contribution in [0, 0.1) is 11.3 Å². The number of rotatable bonds is 2. The first-order valence-electron chi connectivity index (χ1n) is 3.68. The van der Waals surface area contributed by atoms with Gasteiger partial charge in [-0.3, -0.25) is 0 Å². The van der Waals surface area contributed by atoms with Gasteiger partial charge in [0, 0.05) is 0 Å². The molecule has 64 valence electrons. The molecular formula is C8H20ClN. The Labute approximate surface area is 70.8 Å². The molecule has 2 N–H and O–H groups in total. The van der Waals surface area contributed by atoms with Crippen LogP contribution in [0.1, 0.15) is 34.1 Å². The van der Waals surface area contributed by atoms with E-state index in [0.29, 0.717) is 5.41 Å². The predicted molar refractivity (Wildman–Crippen MR) is 49.5 cm³/mol. The van der Waals surface area contributed by atoms with Gasteiger partial charge in [0.25, 0.3) is 0 Å². The van der Waals surface area contributed by atoms with Gasteiger partial charge in [-0.05, 0) is 24.3 Å². The molecule has 0 aromatic carbocycles. The third-order valence-electron chi connectivity index (χ3n) is 2.08. The van der Waals surface area contributed by atoms with Crippen molar-refractivity contribution in [2.45, 2.75) is 34.1 Å². The van der Waals surface area contributed by atoms with E-state index in [0.717, 1.165) is 18.9 Å². The van der Waals surface area contributed by atoms with Crippen molar-refractivity contribution >= 4 is 12.4 Å². The summed E-state index contributed by atoms with van der Waals surface area (Å²) in [6.45, 7) is 9.85. The standard InChI is InChI=1S/C8H19N.ClH/c1-7(5-6-9)8(2,3)4;/h7H,5-6,9H2,1-4H3;1H. The molecule has 0 spiro atoms. The molecule has 10 heavy (non-hydrogen) atoms. The highest BCUT2D eigenvalue weighted by atomic mass is 35.5. The number of halogens is 1. The van der Waals surface area contributed by atoms with Gasteiger partial charge in [-0.2, -0.15) is 0 Å². The number of hydrogen-bond donors (Lipinski definition) is 1. The third-order valence-corrected chi connectivity index (χ3v) is 2.08. The van der Waals surface area contributed by atoms with Crippen molar-refractivity contribution in [3.8, 4) is 0 Å². The Morgan fingerprint density at radius 2 is 1.70 bits per heavy atom. The van der Waals surface area contributed by atoms with Gasteiger partial charge in [-0.15, -0.1) is 12.4 Å². The van der Waals surface area contributed by atoms with Crippen LogP contribution >= 0.6 is 12.4 Å². The molecule has 0 heterocycles. The molecule has 0 aliphatic heterocycles. The average Bonchev–Trinajstić information content (AvgIpc) is 1.64. The fraction of sp³-hybridized carbons (Fsp3) is 1.00. The van der Waals surface area contributed by atoms with Crippen LogP contribution < -0.4 is 5.73 Å². The fourth-order valence-corrected chi connectivity index (χ4v) is 0.683. The number of nitrogens with two attached hydrogens (primary N) is 1. The van der Waals surface area contributed by atoms with E-state index in [1.165, 1.54) is 0 Å². The third kappa shape index (κ3) is 5.07. The zero-order valence-electron chi connectivity index (χ0n) is 7.48. The maximum atomic E-state index is 5.43. The quantitative estimate of drug-likeness (QED) is 0.669. The minimum atomic E-state index is 0. The Balaban J connectivity index is 0. The molecule has 0 aromatic rings. The maximum absolute atomic E-state index is 5.43. The molecular weight excluding hydrogens is 146 g/mol. The van der Waals surface area contributed by atoms with Crippen LogP contribution in [0.2, 0.25) is 0 Å². The van der Waals surface area contributed by atoms with Gasteiger partial charge in [0.1, 0.15) is 0 Å². The summed E-state index contributed by atoms with van der Waals surface area (Å²) in [6, 6.07) is 0. The molecule has 2 heteroatoms. The summed E-state index contributed by atoms with van der Waals surface area (Å²) in [7, 11) is 0. The van der Waals surface area contributed by atoms with Crippen LogP contribution in [0.3, 0.4) is 0 Å². The minimum absolute atomic E-state index is 0. The summed E-state index contributed by atoms with van der Waals surface area (Å²) < 4.78 is 0. The van der Waals surface area contributed by atoms with E-state index >= 15 is 0 Å². The molecule has 0 fully saturated rings. The monoisotopic (exact) mass is 165 g/mol. The van der Waals surface area contributed by atoms with E-state index in [4.69, 9.17) is 5.73 Å². The van der Waals surface area contributed by atoms with E-state index in [1.54, 1.807) is 0 Å². The van der Waals surface area contributed by atoms with Crippen LogP contribution in [-0.4, -0.2) is 6.54 Å². The Hall–Kier alpha value is 0.250. The molecule has 0 radical (unpaired) electrons. The molecule has 0 bridgehead atoms. The Morgan fingerprint density at radius 1 is 1.30 bits per heavy atom. The van der Waals surface area contributed by atoms with Gasteiger partial charge in [0.15, 0.2) is 0 Å². The average molecular weight is 166 g/mol. The maximum Gasteiger partial charge on any atom is -0.00745 e. The highest BCUT2D eigenvalue weighted by molar-refractivity contribution is 5.85. The molecule has 0 rings (SSSR count). The lowest BCUT2D eigenvalue weighted by Gasteiger charge is -2.26. The van der Waals surface area contributed by atoms with Crippen LogP contribution in [-0.2, 0) is 0 Å². The molecule has 0 aromatic heterocycles. The Morgan fingerprint density at radius 3 is 1.80 bits per heavy atom. The summed E-state index contributed by atoms with van der Waals surface area (Å²) in [5.41, 5.74) is 5.86. The van der Waals surface area contributed by atoms with Crippen molar-refractivity contribution < 1.29 is 0 Å². The smallest absolute Gasteiger partial charge is 0.00745 e. The van der Waals surface area contributed by atoms with Crippen molar-refractivity contribution in [1.82, 2.24) is 0 Å². The van der Waals surface area contributed by atoms with E-state index in [9.17, 15) is 0 Å². The first-order chi connectivity index (χ1) is 3.98. The highest BCUT2D eigenvalue weighted by Crippen LogP contribution is 2.27. The van der Waals surface area contributed by atoms with E-state index in [2.05, 4.69) is 27.7 Å². The first kappa shape index (κ1) is 12.9. The fourth-order valence-electron chi connectivity index (χ4n) is 0.683. The van der Waals surface area contributed by atoms with E-state index < -0.39 is 0 Å². The Bertz CT molecular complexity index is 75.8. The van der Waals surface area contributed by atoms with E-state index in [1.807, 2.05) is 0 Å². The molecule has 0 saturated heterocycles. The summed E-state index contributed by atoms with van der Waals surface area (Å²) in [6.07, 6.45) is 1.14. The normalized spacial score (nSPS) is 14.1. The van der Waals surface area contributed by atoms with Crippen molar-refractivity contribution in [3.05, 3.63) is 0 Å². The van der Waals surface area contributed by atoms with Crippen LogP contribution in [0.15, 0.2) is 0 Å². The van der Waals surface area contributed by atoms with Crippen molar-refractivity contribution in [3.63, 3.8) is 0 Å². The number of hydrogen-bond acceptors (Lipinski definition) is 1. The summed E-state index contributed by atoms with van der Waals surface area (Å²) >= 11 is 0. The van der Waals surface area contributed by atoms with Gasteiger partial charge < -0.3 is 5.73 Å². The van der Waals surface area contributed by atoms with Gasteiger partial charge in [-0.25, -0.2) is 0 Å². The van der Waals surface area contributed by atoms with Gasteiger partial charge >= 0.3 is 0 Å². The molecule has 0 aliphatic carbocycles. The summed E-state index contributed by atoms with van der Waals surface area (Å²) in [5.74, 6) is 0.738. The summed E-state index contributed by atoms with van der Waals surface area (Å²) in [5, 5.41) is 0. The lowest BCUT2D eigenvalue weighted by Crippen LogP contribution is -2.20. The zero-order valence-corrected chi connectivity index (χ0v) is 8.29. The van der Waals surface area contributed by atoms with Gasteiger partial charge in [0.2, 0.25) is 0 Å². The van der Waals surface area contributed by atoms with Crippen molar-refractivity contribution in [1.29, 1.82) is 0 Å². The molecule has 0 saturated carbocycles. The largest absolute Gasteiger partial charge is 0.330 e. The lowest BCUT2D eigenvalue weighted by molar-refractivity contribution is 0.250. The zero-order chi connectivity index (χ0) is 7.49. The molecule has 1 atom stereocenters. The van der Waals surface area contributed by atoms with Crippen LogP contribution in [0.25, 0.3) is 0 Å². The SMILES string of the molecule is CC(CCN)C(C)(C)C.Cl. The topological polar surface area (TPSA) is 26.0 Å². The van der Waals surface area contributed by atoms with Crippen LogP contribution in [0.5, 0.6) is 0 Å². The van der Waals surface area contributed by atoms with Gasteiger partial charge in [0.05, 0.1) is 0 Å². The Kier molecular flexibility index (Phi) is 6.41. The molecule has 1 unspecified atom stereocenters. The predicted octanol–water partition coefficient (Wildman–Crippen LogP) is 2.44. The minimum Gasteiger partial charge on any atom is -0.330 e. The lowest BCUT2D eigenvalue weighted by atomic mass is 9.80. The molecule has 1 nitrogen and oxygen atoms in total. The second-order valence-electron chi connectivity index (χ2n) is 3.84. The van der Waals surface area contributed by atoms with Crippen molar-refractivity contribution in [2.24, 2.45) is 17.1 Å². The van der Waals surface area contributed by atoms with Crippen molar-refractivity contribution in [2.75, 3.05) is 6.54 Å². The first-order valence-corrected chi connectivity index (χ1v) is 3.68. The highest BCUT2D eigenvalue weighted by Gasteiger charge is 2.18.